The predicted octanol–water partition coefficient (Wildman–Crippen LogP) is -0.0984. The summed E-state index contributed by atoms with van der Waals surface area (Å²) in [6, 6.07) is 4.66. The van der Waals surface area contributed by atoms with E-state index in [0.29, 0.717) is 11.4 Å². The third kappa shape index (κ3) is 1.94. The van der Waals surface area contributed by atoms with E-state index < -0.39 is 17.9 Å². The minimum atomic E-state index is -1.26. The van der Waals surface area contributed by atoms with Crippen LogP contribution in [0.1, 0.15) is 6.92 Å². The summed E-state index contributed by atoms with van der Waals surface area (Å²) in [6.07, 6.45) is -1.26. The minimum absolute atomic E-state index is 0.227. The molecule has 0 bridgehead atoms. The Bertz CT molecular complexity index is 484. The number of anilines is 2. The summed E-state index contributed by atoms with van der Waals surface area (Å²) in [5.41, 5.74) is 6.28. The SMILES string of the molecule is CC(O)C(=O)N1C(=O)COc2ccc(N)cc21. The quantitative estimate of drug-likeness (QED) is 0.664. The van der Waals surface area contributed by atoms with Crippen LogP contribution >= 0.6 is 0 Å². The maximum atomic E-state index is 11.7. The van der Waals surface area contributed by atoms with Crippen LogP contribution in [0.5, 0.6) is 5.75 Å². The number of imide groups is 1. The van der Waals surface area contributed by atoms with Gasteiger partial charge in [-0.05, 0) is 25.1 Å². The molecule has 2 amide bonds. The highest BCUT2D eigenvalue weighted by atomic mass is 16.5. The van der Waals surface area contributed by atoms with Crippen molar-refractivity contribution in [1.82, 2.24) is 0 Å². The van der Waals surface area contributed by atoms with Crippen molar-refractivity contribution in [3.05, 3.63) is 18.2 Å². The highest BCUT2D eigenvalue weighted by Crippen LogP contribution is 2.34. The molecule has 0 aliphatic carbocycles. The molecule has 1 unspecified atom stereocenters. The number of carbonyl (C=O) groups excluding carboxylic acids is 2. The van der Waals surface area contributed by atoms with Gasteiger partial charge in [-0.3, -0.25) is 9.59 Å². The summed E-state index contributed by atoms with van der Waals surface area (Å²) in [6.45, 7) is 1.08. The van der Waals surface area contributed by atoms with E-state index in [-0.39, 0.29) is 12.3 Å². The summed E-state index contributed by atoms with van der Waals surface area (Å²) in [5, 5.41) is 9.27. The van der Waals surface area contributed by atoms with E-state index in [0.717, 1.165) is 4.90 Å². The number of hydrogen-bond acceptors (Lipinski definition) is 5. The van der Waals surface area contributed by atoms with Gasteiger partial charge in [0.1, 0.15) is 11.9 Å². The molecule has 1 aliphatic heterocycles. The number of fused-ring (bicyclic) bond motifs is 1. The lowest BCUT2D eigenvalue weighted by Crippen LogP contribution is -2.47. The molecule has 1 aromatic carbocycles. The number of nitrogens with two attached hydrogens (primary N) is 1. The van der Waals surface area contributed by atoms with E-state index in [2.05, 4.69) is 0 Å². The number of aliphatic hydroxyl groups excluding tert-OH is 1. The lowest BCUT2D eigenvalue weighted by atomic mass is 10.2. The number of amides is 2. The number of carbonyl (C=O) groups is 2. The Morgan fingerprint density at radius 1 is 1.59 bits per heavy atom. The van der Waals surface area contributed by atoms with Gasteiger partial charge in [0.2, 0.25) is 0 Å². The zero-order chi connectivity index (χ0) is 12.6. The lowest BCUT2D eigenvalue weighted by Gasteiger charge is -2.28. The topological polar surface area (TPSA) is 92.9 Å². The van der Waals surface area contributed by atoms with Gasteiger partial charge in [0.25, 0.3) is 11.8 Å². The van der Waals surface area contributed by atoms with Gasteiger partial charge >= 0.3 is 0 Å². The monoisotopic (exact) mass is 236 g/mol. The fraction of sp³-hybridized carbons (Fsp3) is 0.273. The van der Waals surface area contributed by atoms with Crippen molar-refractivity contribution < 1.29 is 19.4 Å². The molecule has 6 heteroatoms. The van der Waals surface area contributed by atoms with E-state index in [9.17, 15) is 14.7 Å². The number of rotatable bonds is 1. The van der Waals surface area contributed by atoms with Gasteiger partial charge in [0, 0.05) is 5.69 Å². The first-order valence-corrected chi connectivity index (χ1v) is 5.08. The molecular formula is C11H12N2O4. The van der Waals surface area contributed by atoms with Gasteiger partial charge < -0.3 is 15.6 Å². The molecular weight excluding hydrogens is 224 g/mol. The van der Waals surface area contributed by atoms with Crippen molar-refractivity contribution in [2.24, 2.45) is 0 Å². The first-order valence-electron chi connectivity index (χ1n) is 5.08. The van der Waals surface area contributed by atoms with Crippen LogP contribution in [0.25, 0.3) is 0 Å². The Hall–Kier alpha value is -2.08. The zero-order valence-electron chi connectivity index (χ0n) is 9.21. The third-order valence-electron chi connectivity index (χ3n) is 2.40. The molecule has 1 aromatic rings. The molecule has 0 spiro atoms. The summed E-state index contributed by atoms with van der Waals surface area (Å²) in [7, 11) is 0. The summed E-state index contributed by atoms with van der Waals surface area (Å²) in [4.78, 5) is 24.3. The molecule has 17 heavy (non-hydrogen) atoms. The largest absolute Gasteiger partial charge is 0.482 e. The van der Waals surface area contributed by atoms with Crippen LogP contribution in [0.3, 0.4) is 0 Å². The van der Waals surface area contributed by atoms with Crippen LogP contribution in [-0.2, 0) is 9.59 Å². The predicted molar refractivity (Wildman–Crippen MR) is 60.5 cm³/mol. The van der Waals surface area contributed by atoms with Crippen LogP contribution in [0.15, 0.2) is 18.2 Å². The van der Waals surface area contributed by atoms with Crippen LogP contribution in [0.2, 0.25) is 0 Å². The first-order chi connectivity index (χ1) is 8.00. The number of benzene rings is 1. The van der Waals surface area contributed by atoms with E-state index in [1.54, 1.807) is 12.1 Å². The number of hydrogen-bond donors (Lipinski definition) is 2. The highest BCUT2D eigenvalue weighted by Gasteiger charge is 2.32. The van der Waals surface area contributed by atoms with Crippen molar-refractivity contribution in [1.29, 1.82) is 0 Å². The second kappa shape index (κ2) is 4.06. The second-order valence-corrected chi connectivity index (χ2v) is 3.76. The van der Waals surface area contributed by atoms with Crippen molar-refractivity contribution in [3.8, 4) is 5.75 Å². The fourth-order valence-electron chi connectivity index (χ4n) is 1.60. The van der Waals surface area contributed by atoms with E-state index in [4.69, 9.17) is 10.5 Å². The molecule has 6 nitrogen and oxygen atoms in total. The Morgan fingerprint density at radius 2 is 2.29 bits per heavy atom. The van der Waals surface area contributed by atoms with E-state index in [1.165, 1.54) is 13.0 Å². The first kappa shape index (κ1) is 11.4. The average Bonchev–Trinajstić information content (AvgIpc) is 2.27. The summed E-state index contributed by atoms with van der Waals surface area (Å²) < 4.78 is 5.17. The number of nitrogens with zero attached hydrogens (tertiary/aromatic N) is 1. The van der Waals surface area contributed by atoms with Crippen LogP contribution < -0.4 is 15.4 Å². The Kier molecular flexibility index (Phi) is 2.72. The number of ether oxygens (including phenoxy) is 1. The molecule has 0 radical (unpaired) electrons. The van der Waals surface area contributed by atoms with Crippen LogP contribution in [0, 0.1) is 0 Å². The second-order valence-electron chi connectivity index (χ2n) is 3.76. The van der Waals surface area contributed by atoms with Crippen molar-refractivity contribution in [3.63, 3.8) is 0 Å². The molecule has 0 saturated carbocycles. The smallest absolute Gasteiger partial charge is 0.271 e. The Morgan fingerprint density at radius 3 is 2.94 bits per heavy atom. The average molecular weight is 236 g/mol. The number of aliphatic hydroxyl groups is 1. The van der Waals surface area contributed by atoms with Gasteiger partial charge in [0.05, 0.1) is 5.69 Å². The molecule has 90 valence electrons. The Labute approximate surface area is 97.6 Å². The molecule has 1 aliphatic rings. The van der Waals surface area contributed by atoms with Crippen molar-refractivity contribution in [2.75, 3.05) is 17.2 Å². The normalized spacial score (nSPS) is 16.1. The van der Waals surface area contributed by atoms with Gasteiger partial charge in [-0.15, -0.1) is 0 Å². The third-order valence-corrected chi connectivity index (χ3v) is 2.40. The van der Waals surface area contributed by atoms with Gasteiger partial charge in [-0.1, -0.05) is 0 Å². The standard InChI is InChI=1S/C11H12N2O4/c1-6(14)11(16)13-8-4-7(12)2-3-9(8)17-5-10(13)15/h2-4,6,14H,5,12H2,1H3. The van der Waals surface area contributed by atoms with E-state index >= 15 is 0 Å². The highest BCUT2D eigenvalue weighted by molar-refractivity contribution is 6.18. The van der Waals surface area contributed by atoms with E-state index in [1.807, 2.05) is 0 Å². The Balaban J connectivity index is 2.49. The molecule has 3 N–H and O–H groups in total. The molecule has 1 heterocycles. The molecule has 0 fully saturated rings. The van der Waals surface area contributed by atoms with Crippen LogP contribution in [0.4, 0.5) is 11.4 Å². The maximum absolute atomic E-state index is 11.7. The fourth-order valence-corrected chi connectivity index (χ4v) is 1.60. The molecule has 1 atom stereocenters. The molecule has 0 aromatic heterocycles. The van der Waals surface area contributed by atoms with Gasteiger partial charge in [-0.2, -0.15) is 0 Å². The minimum Gasteiger partial charge on any atom is -0.482 e. The van der Waals surface area contributed by atoms with Gasteiger partial charge in [-0.25, -0.2) is 4.90 Å². The van der Waals surface area contributed by atoms with Crippen LogP contribution in [-0.4, -0.2) is 29.6 Å². The lowest BCUT2D eigenvalue weighted by molar-refractivity contribution is -0.132. The number of nitrogen functional groups attached to an aromatic ring is 1. The summed E-state index contributed by atoms with van der Waals surface area (Å²) >= 11 is 0. The van der Waals surface area contributed by atoms with Gasteiger partial charge in [0.15, 0.2) is 6.61 Å². The zero-order valence-corrected chi connectivity index (χ0v) is 9.21. The van der Waals surface area contributed by atoms with Crippen molar-refractivity contribution in [2.45, 2.75) is 13.0 Å². The summed E-state index contributed by atoms with van der Waals surface area (Å²) in [5.74, 6) is -0.813. The molecule has 0 saturated heterocycles. The maximum Gasteiger partial charge on any atom is 0.271 e. The van der Waals surface area contributed by atoms with Crippen molar-refractivity contribution >= 4 is 23.2 Å². The molecule has 2 rings (SSSR count).